The van der Waals surface area contributed by atoms with E-state index in [-0.39, 0.29) is 6.61 Å². The van der Waals surface area contributed by atoms with E-state index < -0.39 is 11.6 Å². The van der Waals surface area contributed by atoms with Crippen molar-refractivity contribution in [3.05, 3.63) is 22.7 Å². The first-order valence-corrected chi connectivity index (χ1v) is 5.58. The molecule has 0 aliphatic carbocycles. The number of aliphatic carboxylic acids is 1. The van der Waals surface area contributed by atoms with Crippen molar-refractivity contribution < 1.29 is 24.5 Å². The summed E-state index contributed by atoms with van der Waals surface area (Å²) in [5, 5.41) is 18.2. The number of halogens is 1. The molecule has 1 rings (SSSR count). The van der Waals surface area contributed by atoms with Gasteiger partial charge in [0.05, 0.1) is 11.6 Å². The third kappa shape index (κ3) is 3.61. The number of ether oxygens (including phenoxy) is 2. The summed E-state index contributed by atoms with van der Waals surface area (Å²) in [6.07, 6.45) is 0. The number of rotatable bonds is 5. The van der Waals surface area contributed by atoms with Crippen LogP contribution in [0.4, 0.5) is 0 Å². The van der Waals surface area contributed by atoms with Gasteiger partial charge in [-0.05, 0) is 41.1 Å². The molecule has 0 heterocycles. The van der Waals surface area contributed by atoms with E-state index in [0.717, 1.165) is 0 Å². The third-order valence-corrected chi connectivity index (χ3v) is 2.73. The zero-order chi connectivity index (χ0) is 13.1. The summed E-state index contributed by atoms with van der Waals surface area (Å²) in [6.45, 7) is 0.833. The molecule has 1 aromatic carbocycles. The van der Waals surface area contributed by atoms with Crippen LogP contribution in [0.5, 0.6) is 11.5 Å². The Kier molecular flexibility index (Phi) is 4.36. The lowest BCUT2D eigenvalue weighted by Crippen LogP contribution is -2.41. The smallest absolute Gasteiger partial charge is 0.339 e. The Morgan fingerprint density at radius 2 is 2.18 bits per heavy atom. The van der Waals surface area contributed by atoms with Crippen molar-refractivity contribution in [2.24, 2.45) is 0 Å². The molecule has 0 radical (unpaired) electrons. The normalized spacial score (nSPS) is 13.9. The summed E-state index contributed by atoms with van der Waals surface area (Å²) in [5.41, 5.74) is -1.92. The molecule has 0 saturated heterocycles. The van der Waals surface area contributed by atoms with E-state index in [1.807, 2.05) is 0 Å². The lowest BCUT2D eigenvalue weighted by atomic mass is 10.1. The topological polar surface area (TPSA) is 76.0 Å². The second kappa shape index (κ2) is 5.37. The minimum atomic E-state index is -1.92. The maximum Gasteiger partial charge on any atom is 0.339 e. The lowest BCUT2D eigenvalue weighted by Gasteiger charge is -2.19. The molecule has 0 bridgehead atoms. The summed E-state index contributed by atoms with van der Waals surface area (Å²) in [6, 6.07) is 4.99. The molecular weight excluding hydrogens is 292 g/mol. The number of methoxy groups -OCH3 is 1. The largest absolute Gasteiger partial charge is 0.497 e. The van der Waals surface area contributed by atoms with E-state index in [1.54, 1.807) is 18.2 Å². The molecule has 1 atom stereocenters. The Labute approximate surface area is 107 Å². The molecule has 6 heteroatoms. The van der Waals surface area contributed by atoms with Crippen molar-refractivity contribution >= 4 is 21.9 Å². The summed E-state index contributed by atoms with van der Waals surface area (Å²) in [4.78, 5) is 10.7. The third-order valence-electron chi connectivity index (χ3n) is 2.11. The molecule has 94 valence electrons. The minimum absolute atomic E-state index is 0.340. The van der Waals surface area contributed by atoms with E-state index in [9.17, 15) is 9.90 Å². The number of carboxylic acid groups (broad SMARTS) is 1. The lowest BCUT2D eigenvalue weighted by molar-refractivity contribution is -0.159. The summed E-state index contributed by atoms with van der Waals surface area (Å²) in [7, 11) is 1.54. The van der Waals surface area contributed by atoms with E-state index >= 15 is 0 Å². The monoisotopic (exact) mass is 304 g/mol. The standard InChI is InChI=1S/C11H13BrO5/c1-11(15,10(13)14)6-17-9-4-3-7(16-2)5-8(9)12/h3-5,15H,6H2,1-2H3,(H,13,14). The van der Waals surface area contributed by atoms with E-state index in [2.05, 4.69) is 15.9 Å². The van der Waals surface area contributed by atoms with Crippen molar-refractivity contribution in [2.75, 3.05) is 13.7 Å². The van der Waals surface area contributed by atoms with Gasteiger partial charge in [0.25, 0.3) is 0 Å². The average Bonchev–Trinajstić information content (AvgIpc) is 2.27. The van der Waals surface area contributed by atoms with Gasteiger partial charge in [-0.2, -0.15) is 0 Å². The number of carbonyl (C=O) groups is 1. The molecule has 0 aromatic heterocycles. The van der Waals surface area contributed by atoms with Crippen LogP contribution in [0.1, 0.15) is 6.92 Å². The van der Waals surface area contributed by atoms with Crippen molar-refractivity contribution in [3.8, 4) is 11.5 Å². The van der Waals surface area contributed by atoms with Crippen LogP contribution in [0, 0.1) is 0 Å². The Bertz CT molecular complexity index is 416. The highest BCUT2D eigenvalue weighted by atomic mass is 79.9. The van der Waals surface area contributed by atoms with Gasteiger partial charge in [-0.1, -0.05) is 0 Å². The van der Waals surface area contributed by atoms with Crippen molar-refractivity contribution in [3.63, 3.8) is 0 Å². The maximum atomic E-state index is 10.7. The average molecular weight is 305 g/mol. The highest BCUT2D eigenvalue weighted by molar-refractivity contribution is 9.10. The van der Waals surface area contributed by atoms with Crippen LogP contribution >= 0.6 is 15.9 Å². The van der Waals surface area contributed by atoms with Gasteiger partial charge in [-0.25, -0.2) is 4.79 Å². The fourth-order valence-corrected chi connectivity index (χ4v) is 1.48. The fourth-order valence-electron chi connectivity index (χ4n) is 1.01. The van der Waals surface area contributed by atoms with Crippen molar-refractivity contribution in [1.29, 1.82) is 0 Å². The van der Waals surface area contributed by atoms with Crippen LogP contribution in [-0.2, 0) is 4.79 Å². The molecule has 5 nitrogen and oxygen atoms in total. The van der Waals surface area contributed by atoms with Crippen LogP contribution < -0.4 is 9.47 Å². The Hall–Kier alpha value is -1.27. The second-order valence-electron chi connectivity index (χ2n) is 3.66. The van der Waals surface area contributed by atoms with Gasteiger partial charge in [0.1, 0.15) is 18.1 Å². The zero-order valence-corrected chi connectivity index (χ0v) is 11.0. The molecular formula is C11H13BrO5. The van der Waals surface area contributed by atoms with Crippen LogP contribution in [0.25, 0.3) is 0 Å². The molecule has 1 unspecified atom stereocenters. The predicted molar refractivity (Wildman–Crippen MR) is 64.4 cm³/mol. The molecule has 0 fully saturated rings. The summed E-state index contributed by atoms with van der Waals surface area (Å²) >= 11 is 3.26. The first kappa shape index (κ1) is 13.8. The zero-order valence-electron chi connectivity index (χ0n) is 9.44. The van der Waals surface area contributed by atoms with Crippen LogP contribution in [-0.4, -0.2) is 35.5 Å². The minimum Gasteiger partial charge on any atom is -0.497 e. The summed E-state index contributed by atoms with van der Waals surface area (Å²) in [5.74, 6) is -0.247. The van der Waals surface area contributed by atoms with Gasteiger partial charge in [-0.3, -0.25) is 0 Å². The highest BCUT2D eigenvalue weighted by Gasteiger charge is 2.31. The van der Waals surface area contributed by atoms with Crippen molar-refractivity contribution in [2.45, 2.75) is 12.5 Å². The molecule has 0 amide bonds. The van der Waals surface area contributed by atoms with Gasteiger partial charge in [0, 0.05) is 0 Å². The quantitative estimate of drug-likeness (QED) is 0.865. The fraction of sp³-hybridized carbons (Fsp3) is 0.364. The predicted octanol–water partition coefficient (Wildman–Crippen LogP) is 1.67. The Balaban J connectivity index is 2.73. The van der Waals surface area contributed by atoms with Crippen molar-refractivity contribution in [1.82, 2.24) is 0 Å². The van der Waals surface area contributed by atoms with Gasteiger partial charge in [0.2, 0.25) is 0 Å². The van der Waals surface area contributed by atoms with Crippen LogP contribution in [0.15, 0.2) is 22.7 Å². The first-order chi connectivity index (χ1) is 7.86. The molecule has 1 aromatic rings. The Morgan fingerprint density at radius 1 is 1.53 bits per heavy atom. The SMILES string of the molecule is COc1ccc(OCC(C)(O)C(=O)O)c(Br)c1. The van der Waals surface area contributed by atoms with Gasteiger partial charge < -0.3 is 19.7 Å². The van der Waals surface area contributed by atoms with Crippen LogP contribution in [0.2, 0.25) is 0 Å². The molecule has 0 spiro atoms. The number of hydrogen-bond donors (Lipinski definition) is 2. The van der Waals surface area contributed by atoms with Crippen LogP contribution in [0.3, 0.4) is 0 Å². The number of aliphatic hydroxyl groups is 1. The number of benzene rings is 1. The van der Waals surface area contributed by atoms with Gasteiger partial charge >= 0.3 is 5.97 Å². The van der Waals surface area contributed by atoms with E-state index in [0.29, 0.717) is 16.0 Å². The number of hydrogen-bond acceptors (Lipinski definition) is 4. The van der Waals surface area contributed by atoms with E-state index in [1.165, 1.54) is 14.0 Å². The Morgan fingerprint density at radius 3 is 2.65 bits per heavy atom. The number of carboxylic acids is 1. The maximum absolute atomic E-state index is 10.7. The molecule has 0 aliphatic rings. The highest BCUT2D eigenvalue weighted by Crippen LogP contribution is 2.29. The van der Waals surface area contributed by atoms with Gasteiger partial charge in [0.15, 0.2) is 5.60 Å². The molecule has 2 N–H and O–H groups in total. The molecule has 17 heavy (non-hydrogen) atoms. The second-order valence-corrected chi connectivity index (χ2v) is 4.52. The van der Waals surface area contributed by atoms with E-state index in [4.69, 9.17) is 14.6 Å². The molecule has 0 saturated carbocycles. The first-order valence-electron chi connectivity index (χ1n) is 4.79. The summed E-state index contributed by atoms with van der Waals surface area (Å²) < 4.78 is 10.9. The van der Waals surface area contributed by atoms with Gasteiger partial charge in [-0.15, -0.1) is 0 Å². The molecule has 0 aliphatic heterocycles.